The van der Waals surface area contributed by atoms with E-state index in [2.05, 4.69) is 43.0 Å². The molecular formula is C14H22ClN3. The first kappa shape index (κ1) is 13.6. The Balaban J connectivity index is 2.22. The molecule has 2 rings (SSSR count). The van der Waals surface area contributed by atoms with Gasteiger partial charge >= 0.3 is 0 Å². The molecule has 1 aromatic heterocycles. The van der Waals surface area contributed by atoms with Crippen molar-refractivity contribution in [1.29, 1.82) is 0 Å². The number of anilines is 1. The van der Waals surface area contributed by atoms with Crippen LogP contribution in [0.5, 0.6) is 0 Å². The Hall–Kier alpha value is -0.830. The van der Waals surface area contributed by atoms with Gasteiger partial charge in [0.2, 0.25) is 0 Å². The van der Waals surface area contributed by atoms with E-state index in [1.54, 1.807) is 6.33 Å². The Bertz CT molecular complexity index is 420. The SMILES string of the molecule is CC(C)c1c(Cl)ncnc1NC1CCC(C)C1C. The van der Waals surface area contributed by atoms with Crippen LogP contribution in [0.4, 0.5) is 5.82 Å². The lowest BCUT2D eigenvalue weighted by Gasteiger charge is -2.22. The van der Waals surface area contributed by atoms with Gasteiger partial charge in [-0.1, -0.05) is 39.3 Å². The summed E-state index contributed by atoms with van der Waals surface area (Å²) in [6.07, 6.45) is 4.04. The zero-order chi connectivity index (χ0) is 13.3. The van der Waals surface area contributed by atoms with Crippen LogP contribution in [-0.2, 0) is 0 Å². The average molecular weight is 268 g/mol. The average Bonchev–Trinajstić information content (AvgIpc) is 2.60. The molecule has 18 heavy (non-hydrogen) atoms. The summed E-state index contributed by atoms with van der Waals surface area (Å²) in [5, 5.41) is 4.15. The van der Waals surface area contributed by atoms with Crippen LogP contribution >= 0.6 is 11.6 Å². The van der Waals surface area contributed by atoms with E-state index >= 15 is 0 Å². The maximum Gasteiger partial charge on any atom is 0.138 e. The van der Waals surface area contributed by atoms with Crippen LogP contribution in [-0.4, -0.2) is 16.0 Å². The van der Waals surface area contributed by atoms with E-state index in [-0.39, 0.29) is 0 Å². The molecule has 3 nitrogen and oxygen atoms in total. The summed E-state index contributed by atoms with van der Waals surface area (Å²) in [5.74, 6) is 2.70. The standard InChI is InChI=1S/C14H22ClN3/c1-8(2)12-13(15)16-7-17-14(12)18-11-6-5-9(3)10(11)4/h7-11H,5-6H2,1-4H3,(H,16,17,18). The monoisotopic (exact) mass is 267 g/mol. The van der Waals surface area contributed by atoms with Gasteiger partial charge in [-0.3, -0.25) is 0 Å². The van der Waals surface area contributed by atoms with Crippen molar-refractivity contribution < 1.29 is 0 Å². The van der Waals surface area contributed by atoms with Gasteiger partial charge in [0.25, 0.3) is 0 Å². The van der Waals surface area contributed by atoms with Gasteiger partial charge in [0.15, 0.2) is 0 Å². The highest BCUT2D eigenvalue weighted by Gasteiger charge is 2.30. The van der Waals surface area contributed by atoms with E-state index in [0.717, 1.165) is 17.3 Å². The van der Waals surface area contributed by atoms with Crippen molar-refractivity contribution in [2.45, 2.75) is 52.5 Å². The van der Waals surface area contributed by atoms with Crippen molar-refractivity contribution >= 4 is 17.4 Å². The molecule has 0 aromatic carbocycles. The fourth-order valence-electron chi connectivity index (χ4n) is 2.74. The molecule has 3 unspecified atom stereocenters. The second-order valence-corrected chi connectivity index (χ2v) is 6.10. The van der Waals surface area contributed by atoms with Gasteiger partial charge in [-0.2, -0.15) is 0 Å². The molecule has 0 aliphatic heterocycles. The number of hydrogen-bond donors (Lipinski definition) is 1. The molecule has 4 heteroatoms. The van der Waals surface area contributed by atoms with Gasteiger partial charge < -0.3 is 5.32 Å². The second kappa shape index (κ2) is 5.43. The van der Waals surface area contributed by atoms with E-state index in [4.69, 9.17) is 11.6 Å². The first-order chi connectivity index (χ1) is 8.50. The molecule has 1 heterocycles. The van der Waals surface area contributed by atoms with Gasteiger partial charge in [-0.05, 0) is 30.6 Å². The van der Waals surface area contributed by atoms with Crippen LogP contribution < -0.4 is 5.32 Å². The van der Waals surface area contributed by atoms with Gasteiger partial charge in [0, 0.05) is 11.6 Å². The summed E-state index contributed by atoms with van der Waals surface area (Å²) in [4.78, 5) is 8.46. The summed E-state index contributed by atoms with van der Waals surface area (Å²) >= 11 is 6.18. The van der Waals surface area contributed by atoms with Crippen LogP contribution in [0.1, 0.15) is 52.0 Å². The first-order valence-electron chi connectivity index (χ1n) is 6.77. The largest absolute Gasteiger partial charge is 0.367 e. The van der Waals surface area contributed by atoms with Crippen LogP contribution in [0.2, 0.25) is 5.15 Å². The Morgan fingerprint density at radius 2 is 2.00 bits per heavy atom. The highest BCUT2D eigenvalue weighted by atomic mass is 35.5. The molecule has 1 saturated carbocycles. The third-order valence-electron chi connectivity index (χ3n) is 4.20. The number of nitrogens with zero attached hydrogens (tertiary/aromatic N) is 2. The van der Waals surface area contributed by atoms with Crippen molar-refractivity contribution in [2.24, 2.45) is 11.8 Å². The maximum atomic E-state index is 6.18. The van der Waals surface area contributed by atoms with Gasteiger partial charge in [0.1, 0.15) is 17.3 Å². The highest BCUT2D eigenvalue weighted by molar-refractivity contribution is 6.30. The fourth-order valence-corrected chi connectivity index (χ4v) is 3.10. The molecule has 1 fully saturated rings. The highest BCUT2D eigenvalue weighted by Crippen LogP contribution is 2.35. The predicted octanol–water partition coefficient (Wildman–Crippen LogP) is 4.10. The fraction of sp³-hybridized carbons (Fsp3) is 0.714. The summed E-state index contributed by atoms with van der Waals surface area (Å²) in [6.45, 7) is 8.88. The van der Waals surface area contributed by atoms with Crippen LogP contribution in [0.25, 0.3) is 0 Å². The Morgan fingerprint density at radius 3 is 2.56 bits per heavy atom. The number of hydrogen-bond acceptors (Lipinski definition) is 3. The molecule has 100 valence electrons. The molecule has 0 bridgehead atoms. The van der Waals surface area contributed by atoms with E-state index in [0.29, 0.717) is 23.0 Å². The minimum atomic E-state index is 0.329. The van der Waals surface area contributed by atoms with Gasteiger partial charge in [-0.25, -0.2) is 9.97 Å². The molecule has 3 atom stereocenters. The van der Waals surface area contributed by atoms with E-state index in [9.17, 15) is 0 Å². The number of nitrogens with one attached hydrogen (secondary N) is 1. The van der Waals surface area contributed by atoms with Gasteiger partial charge in [0.05, 0.1) is 0 Å². The number of halogens is 1. The summed E-state index contributed by atoms with van der Waals surface area (Å²) in [6, 6.07) is 0.503. The molecule has 0 radical (unpaired) electrons. The molecule has 1 N–H and O–H groups in total. The lowest BCUT2D eigenvalue weighted by Crippen LogP contribution is -2.25. The minimum absolute atomic E-state index is 0.329. The third kappa shape index (κ3) is 2.61. The number of rotatable bonds is 3. The van der Waals surface area contributed by atoms with Gasteiger partial charge in [-0.15, -0.1) is 0 Å². The van der Waals surface area contributed by atoms with Crippen molar-refractivity contribution in [3.8, 4) is 0 Å². The normalized spacial score (nSPS) is 27.8. The number of aromatic nitrogens is 2. The Labute approximate surface area is 114 Å². The zero-order valence-corrected chi connectivity index (χ0v) is 12.3. The molecule has 1 aromatic rings. The maximum absolute atomic E-state index is 6.18. The van der Waals surface area contributed by atoms with Crippen molar-refractivity contribution in [3.05, 3.63) is 17.0 Å². The Morgan fingerprint density at radius 1 is 1.28 bits per heavy atom. The molecule has 1 aliphatic carbocycles. The lowest BCUT2D eigenvalue weighted by atomic mass is 9.97. The summed E-state index contributed by atoms with van der Waals surface area (Å²) in [7, 11) is 0. The lowest BCUT2D eigenvalue weighted by molar-refractivity contribution is 0.435. The molecular weight excluding hydrogens is 246 g/mol. The summed E-state index contributed by atoms with van der Waals surface area (Å²) < 4.78 is 0. The molecule has 0 saturated heterocycles. The Kier molecular flexibility index (Phi) is 4.10. The molecule has 0 amide bonds. The third-order valence-corrected chi connectivity index (χ3v) is 4.50. The minimum Gasteiger partial charge on any atom is -0.367 e. The zero-order valence-electron chi connectivity index (χ0n) is 11.6. The topological polar surface area (TPSA) is 37.8 Å². The molecule has 0 spiro atoms. The predicted molar refractivity (Wildman–Crippen MR) is 76.1 cm³/mol. The van der Waals surface area contributed by atoms with Crippen LogP contribution in [0.15, 0.2) is 6.33 Å². The van der Waals surface area contributed by atoms with E-state index < -0.39 is 0 Å². The van der Waals surface area contributed by atoms with Crippen molar-refractivity contribution in [3.63, 3.8) is 0 Å². The van der Waals surface area contributed by atoms with Crippen molar-refractivity contribution in [2.75, 3.05) is 5.32 Å². The van der Waals surface area contributed by atoms with Crippen molar-refractivity contribution in [1.82, 2.24) is 9.97 Å². The van der Waals surface area contributed by atoms with Crippen LogP contribution in [0, 0.1) is 11.8 Å². The second-order valence-electron chi connectivity index (χ2n) is 5.75. The quantitative estimate of drug-likeness (QED) is 0.838. The van der Waals surface area contributed by atoms with Crippen LogP contribution in [0.3, 0.4) is 0 Å². The smallest absolute Gasteiger partial charge is 0.138 e. The van der Waals surface area contributed by atoms with E-state index in [1.165, 1.54) is 12.8 Å². The molecule has 1 aliphatic rings. The summed E-state index contributed by atoms with van der Waals surface area (Å²) in [5.41, 5.74) is 1.03. The van der Waals surface area contributed by atoms with E-state index in [1.807, 2.05) is 0 Å². The first-order valence-corrected chi connectivity index (χ1v) is 7.15.